The van der Waals surface area contributed by atoms with E-state index in [1.165, 1.54) is 8.61 Å². The zero-order valence-corrected chi connectivity index (χ0v) is 9.40. The molecule has 0 unspecified atom stereocenters. The van der Waals surface area contributed by atoms with Crippen LogP contribution in [0.4, 0.5) is 0 Å². The van der Waals surface area contributed by atoms with Gasteiger partial charge in [-0.15, -0.1) is 0 Å². The van der Waals surface area contributed by atoms with Crippen LogP contribution in [0.5, 0.6) is 0 Å². The summed E-state index contributed by atoms with van der Waals surface area (Å²) in [4.78, 5) is 0. The van der Waals surface area contributed by atoms with E-state index in [2.05, 4.69) is 0 Å². The van der Waals surface area contributed by atoms with E-state index in [0.717, 1.165) is 6.42 Å². The first kappa shape index (κ1) is 10.7. The maximum Gasteiger partial charge on any atom is 0.282 e. The van der Waals surface area contributed by atoms with Gasteiger partial charge in [-0.2, -0.15) is 17.0 Å². The van der Waals surface area contributed by atoms with Gasteiger partial charge in [0.25, 0.3) is 10.2 Å². The predicted molar refractivity (Wildman–Crippen MR) is 55.3 cm³/mol. The number of rotatable bonds is 2. The minimum atomic E-state index is -3.27. The first-order valence-corrected chi connectivity index (χ1v) is 6.24. The fourth-order valence-electron chi connectivity index (χ4n) is 1.63. The summed E-state index contributed by atoms with van der Waals surface area (Å²) in [5.41, 5.74) is 0. The molecule has 0 spiro atoms. The first-order chi connectivity index (χ1) is 7.10. The van der Waals surface area contributed by atoms with Crippen LogP contribution in [0.3, 0.4) is 0 Å². The van der Waals surface area contributed by atoms with Gasteiger partial charge >= 0.3 is 0 Å². The Bertz CT molecular complexity index is 413. The Hall–Kier alpha value is -0.850. The summed E-state index contributed by atoms with van der Waals surface area (Å²) < 4.78 is 31.7. The van der Waals surface area contributed by atoms with Crippen LogP contribution < -0.4 is 0 Å². The first-order valence-electron chi connectivity index (χ1n) is 4.84. The van der Waals surface area contributed by atoms with Gasteiger partial charge in [0.05, 0.1) is 12.8 Å². The molecule has 1 fully saturated rings. The van der Waals surface area contributed by atoms with Crippen LogP contribution in [-0.2, 0) is 16.8 Å². The quantitative estimate of drug-likeness (QED) is 0.750. The SMILES string of the molecule is CN1CCCN(Cc2ccco2)S1(=O)=O. The van der Waals surface area contributed by atoms with Crippen molar-refractivity contribution in [3.63, 3.8) is 0 Å². The highest BCUT2D eigenvalue weighted by Gasteiger charge is 2.31. The Kier molecular flexibility index (Phi) is 2.81. The van der Waals surface area contributed by atoms with Crippen LogP contribution in [0.1, 0.15) is 12.2 Å². The van der Waals surface area contributed by atoms with Crippen molar-refractivity contribution in [3.05, 3.63) is 24.2 Å². The van der Waals surface area contributed by atoms with Crippen molar-refractivity contribution in [2.75, 3.05) is 20.1 Å². The summed E-state index contributed by atoms with van der Waals surface area (Å²) in [5, 5.41) is 0. The number of hydrogen-bond donors (Lipinski definition) is 0. The van der Waals surface area contributed by atoms with E-state index in [1.54, 1.807) is 25.4 Å². The molecule has 0 aromatic carbocycles. The summed E-state index contributed by atoms with van der Waals surface area (Å²) in [6.07, 6.45) is 2.41. The second-order valence-corrected chi connectivity index (χ2v) is 5.63. The average molecular weight is 230 g/mol. The Labute approximate surface area is 89.5 Å². The second kappa shape index (κ2) is 3.96. The summed E-state index contributed by atoms with van der Waals surface area (Å²) in [6, 6.07) is 3.54. The number of nitrogens with zero attached hydrogens (tertiary/aromatic N) is 2. The van der Waals surface area contributed by atoms with Crippen LogP contribution in [0.15, 0.2) is 22.8 Å². The highest BCUT2D eigenvalue weighted by Crippen LogP contribution is 2.17. The molecule has 0 saturated carbocycles. The topological polar surface area (TPSA) is 53.8 Å². The molecule has 1 aromatic heterocycles. The fourth-order valence-corrected chi connectivity index (χ4v) is 3.04. The molecule has 0 bridgehead atoms. The molecule has 2 heterocycles. The van der Waals surface area contributed by atoms with Gasteiger partial charge in [0.15, 0.2) is 0 Å². The summed E-state index contributed by atoms with van der Waals surface area (Å²) in [7, 11) is -1.67. The third kappa shape index (κ3) is 2.06. The van der Waals surface area contributed by atoms with Gasteiger partial charge in [-0.3, -0.25) is 0 Å². The average Bonchev–Trinajstić information content (AvgIpc) is 2.66. The van der Waals surface area contributed by atoms with E-state index in [-0.39, 0.29) is 0 Å². The Morgan fingerprint density at radius 1 is 1.47 bits per heavy atom. The molecular formula is C9H14N2O3S. The molecule has 0 amide bonds. The zero-order chi connectivity index (χ0) is 10.9. The van der Waals surface area contributed by atoms with Crippen molar-refractivity contribution >= 4 is 10.2 Å². The van der Waals surface area contributed by atoms with Crippen LogP contribution in [0, 0.1) is 0 Å². The lowest BCUT2D eigenvalue weighted by atomic mass is 10.4. The molecule has 5 nitrogen and oxygen atoms in total. The summed E-state index contributed by atoms with van der Waals surface area (Å²) >= 11 is 0. The molecule has 0 radical (unpaired) electrons. The Morgan fingerprint density at radius 2 is 2.27 bits per heavy atom. The molecule has 0 atom stereocenters. The van der Waals surface area contributed by atoms with E-state index in [4.69, 9.17) is 4.42 Å². The third-order valence-corrected chi connectivity index (χ3v) is 4.45. The van der Waals surface area contributed by atoms with Crippen molar-refractivity contribution in [1.29, 1.82) is 0 Å². The Morgan fingerprint density at radius 3 is 2.93 bits per heavy atom. The van der Waals surface area contributed by atoms with Crippen molar-refractivity contribution in [1.82, 2.24) is 8.61 Å². The van der Waals surface area contributed by atoms with Crippen LogP contribution >= 0.6 is 0 Å². The van der Waals surface area contributed by atoms with Crippen LogP contribution in [-0.4, -0.2) is 37.2 Å². The third-order valence-electron chi connectivity index (χ3n) is 2.51. The smallest absolute Gasteiger partial charge is 0.282 e. The van der Waals surface area contributed by atoms with Crippen molar-refractivity contribution in [2.24, 2.45) is 0 Å². The lowest BCUT2D eigenvalue weighted by Crippen LogP contribution is -2.47. The van der Waals surface area contributed by atoms with Gasteiger partial charge in [-0.05, 0) is 18.6 Å². The fraction of sp³-hybridized carbons (Fsp3) is 0.556. The van der Waals surface area contributed by atoms with Crippen molar-refractivity contribution < 1.29 is 12.8 Å². The highest BCUT2D eigenvalue weighted by atomic mass is 32.2. The Balaban J connectivity index is 2.15. The van der Waals surface area contributed by atoms with Crippen LogP contribution in [0.2, 0.25) is 0 Å². The maximum absolute atomic E-state index is 11.8. The normalized spacial score (nSPS) is 23.0. The molecule has 1 aromatic rings. The van der Waals surface area contributed by atoms with Gasteiger partial charge in [0, 0.05) is 20.1 Å². The largest absolute Gasteiger partial charge is 0.468 e. The van der Waals surface area contributed by atoms with Gasteiger partial charge < -0.3 is 4.42 Å². The predicted octanol–water partition coefficient (Wildman–Crippen LogP) is 0.662. The lowest BCUT2D eigenvalue weighted by Gasteiger charge is -2.31. The monoisotopic (exact) mass is 230 g/mol. The standard InChI is InChI=1S/C9H14N2O3S/c1-10-5-3-6-11(15(10,12)13)8-9-4-2-7-14-9/h2,4,7H,3,5-6,8H2,1H3. The molecule has 1 aliphatic heterocycles. The molecule has 2 rings (SSSR count). The number of hydrogen-bond acceptors (Lipinski definition) is 3. The van der Waals surface area contributed by atoms with Gasteiger partial charge in [-0.25, -0.2) is 0 Å². The van der Waals surface area contributed by atoms with E-state index in [0.29, 0.717) is 25.4 Å². The molecule has 1 saturated heterocycles. The van der Waals surface area contributed by atoms with Crippen molar-refractivity contribution in [2.45, 2.75) is 13.0 Å². The van der Waals surface area contributed by atoms with Gasteiger partial charge in [0.1, 0.15) is 5.76 Å². The van der Waals surface area contributed by atoms with Crippen molar-refractivity contribution in [3.8, 4) is 0 Å². The molecule has 6 heteroatoms. The van der Waals surface area contributed by atoms with Crippen LogP contribution in [0.25, 0.3) is 0 Å². The van der Waals surface area contributed by atoms with Gasteiger partial charge in [0.2, 0.25) is 0 Å². The maximum atomic E-state index is 11.8. The zero-order valence-electron chi connectivity index (χ0n) is 8.59. The van der Waals surface area contributed by atoms with E-state index >= 15 is 0 Å². The summed E-state index contributed by atoms with van der Waals surface area (Å²) in [6.45, 7) is 1.48. The molecular weight excluding hydrogens is 216 g/mol. The van der Waals surface area contributed by atoms with E-state index < -0.39 is 10.2 Å². The second-order valence-electron chi connectivity index (χ2n) is 3.60. The minimum Gasteiger partial charge on any atom is -0.468 e. The molecule has 1 aliphatic rings. The minimum absolute atomic E-state index is 0.319. The molecule has 0 N–H and O–H groups in total. The van der Waals surface area contributed by atoms with E-state index in [1.807, 2.05) is 0 Å². The van der Waals surface area contributed by atoms with Gasteiger partial charge in [-0.1, -0.05) is 0 Å². The summed E-state index contributed by atoms with van der Waals surface area (Å²) in [5.74, 6) is 0.675. The molecule has 0 aliphatic carbocycles. The molecule has 15 heavy (non-hydrogen) atoms. The highest BCUT2D eigenvalue weighted by molar-refractivity contribution is 7.86. The number of furan rings is 1. The molecule has 84 valence electrons. The lowest BCUT2D eigenvalue weighted by molar-refractivity contribution is 0.287. The van der Waals surface area contributed by atoms with E-state index in [9.17, 15) is 8.42 Å².